The van der Waals surface area contributed by atoms with Crippen molar-refractivity contribution in [3.05, 3.63) is 35.9 Å². The summed E-state index contributed by atoms with van der Waals surface area (Å²) in [6.45, 7) is 1.59. The van der Waals surface area contributed by atoms with Crippen LogP contribution < -0.4 is 10.5 Å². The van der Waals surface area contributed by atoms with Crippen molar-refractivity contribution in [3.63, 3.8) is 0 Å². The van der Waals surface area contributed by atoms with E-state index in [1.807, 2.05) is 0 Å². The molecule has 1 aromatic heterocycles. The van der Waals surface area contributed by atoms with Crippen molar-refractivity contribution in [2.75, 3.05) is 10.5 Å². The van der Waals surface area contributed by atoms with E-state index < -0.39 is 20.7 Å². The summed E-state index contributed by atoms with van der Waals surface area (Å²) < 4.78 is 39.6. The van der Waals surface area contributed by atoms with E-state index in [1.54, 1.807) is 6.92 Å². The molecule has 0 saturated carbocycles. The van der Waals surface area contributed by atoms with Crippen LogP contribution in [-0.4, -0.2) is 18.4 Å². The zero-order valence-corrected chi connectivity index (χ0v) is 10.3. The van der Waals surface area contributed by atoms with Crippen LogP contribution in [0, 0.1) is 12.7 Å². The summed E-state index contributed by atoms with van der Waals surface area (Å²) in [6.07, 6.45) is 2.81. The van der Waals surface area contributed by atoms with Crippen molar-refractivity contribution >= 4 is 21.7 Å². The fourth-order valence-corrected chi connectivity index (χ4v) is 2.45. The van der Waals surface area contributed by atoms with E-state index in [9.17, 15) is 12.8 Å². The molecule has 6 nitrogen and oxygen atoms in total. The van der Waals surface area contributed by atoms with Gasteiger partial charge in [0.05, 0.1) is 0 Å². The normalized spacial score (nSPS) is 11.4. The highest BCUT2D eigenvalue weighted by molar-refractivity contribution is 7.92. The Morgan fingerprint density at radius 2 is 2.17 bits per heavy atom. The number of hydrogen-bond acceptors (Lipinski definition) is 4. The van der Waals surface area contributed by atoms with Gasteiger partial charge in [0.2, 0.25) is 5.95 Å². The summed E-state index contributed by atoms with van der Waals surface area (Å²) in [5, 5.41) is 0. The highest BCUT2D eigenvalue weighted by Gasteiger charge is 2.21. The Bertz CT molecular complexity index is 667. The van der Waals surface area contributed by atoms with Crippen LogP contribution in [0.1, 0.15) is 5.56 Å². The molecule has 96 valence electrons. The fraction of sp³-hybridized carbons (Fsp3) is 0.100. The molecule has 0 bridgehead atoms. The van der Waals surface area contributed by atoms with Crippen molar-refractivity contribution in [2.24, 2.45) is 0 Å². The first-order valence-electron chi connectivity index (χ1n) is 4.98. The Morgan fingerprint density at radius 1 is 1.44 bits per heavy atom. The maximum absolute atomic E-state index is 13.6. The van der Waals surface area contributed by atoms with E-state index in [-0.39, 0.29) is 11.6 Å². The fourth-order valence-electron chi connectivity index (χ4n) is 1.38. The number of imidazole rings is 1. The number of halogens is 1. The largest absolute Gasteiger partial charge is 0.398 e. The second-order valence-corrected chi connectivity index (χ2v) is 5.33. The van der Waals surface area contributed by atoms with Gasteiger partial charge in [-0.2, -0.15) is 0 Å². The van der Waals surface area contributed by atoms with Gasteiger partial charge in [-0.1, -0.05) is 0 Å². The molecule has 0 aliphatic rings. The molecule has 8 heteroatoms. The van der Waals surface area contributed by atoms with Gasteiger partial charge in [0.15, 0.2) is 0 Å². The van der Waals surface area contributed by atoms with Crippen molar-refractivity contribution in [1.82, 2.24) is 9.97 Å². The Labute approximate surface area is 103 Å². The van der Waals surface area contributed by atoms with Crippen molar-refractivity contribution < 1.29 is 12.8 Å². The molecule has 1 aromatic carbocycles. The average molecular weight is 270 g/mol. The van der Waals surface area contributed by atoms with Crippen LogP contribution >= 0.6 is 0 Å². The second-order valence-electron chi connectivity index (χ2n) is 3.68. The number of aromatic amines is 1. The lowest BCUT2D eigenvalue weighted by Gasteiger charge is -2.08. The van der Waals surface area contributed by atoms with Gasteiger partial charge in [0.25, 0.3) is 10.0 Å². The lowest BCUT2D eigenvalue weighted by atomic mass is 10.2. The maximum atomic E-state index is 13.6. The minimum atomic E-state index is -4.05. The molecular weight excluding hydrogens is 259 g/mol. The predicted molar refractivity (Wildman–Crippen MR) is 64.9 cm³/mol. The topological polar surface area (TPSA) is 101 Å². The van der Waals surface area contributed by atoms with Crippen LogP contribution in [-0.2, 0) is 10.0 Å². The molecular formula is C10H11FN4O2S. The number of aromatic nitrogens is 2. The maximum Gasteiger partial charge on any atom is 0.267 e. The van der Waals surface area contributed by atoms with Gasteiger partial charge >= 0.3 is 0 Å². The van der Waals surface area contributed by atoms with E-state index in [0.29, 0.717) is 5.56 Å². The van der Waals surface area contributed by atoms with E-state index in [0.717, 1.165) is 12.1 Å². The number of nitrogens with one attached hydrogen (secondary N) is 2. The van der Waals surface area contributed by atoms with E-state index >= 15 is 0 Å². The molecule has 0 aliphatic heterocycles. The Morgan fingerprint density at radius 3 is 2.78 bits per heavy atom. The highest BCUT2D eigenvalue weighted by Crippen LogP contribution is 2.22. The molecule has 0 radical (unpaired) electrons. The van der Waals surface area contributed by atoms with Crippen LogP contribution in [0.2, 0.25) is 0 Å². The number of rotatable bonds is 3. The lowest BCUT2D eigenvalue weighted by Crippen LogP contribution is -2.16. The Balaban J connectivity index is 2.44. The molecule has 0 aliphatic carbocycles. The number of nitrogens with zero attached hydrogens (tertiary/aromatic N) is 1. The van der Waals surface area contributed by atoms with E-state index in [4.69, 9.17) is 5.73 Å². The first kappa shape index (κ1) is 12.4. The Kier molecular flexibility index (Phi) is 2.95. The van der Waals surface area contributed by atoms with Crippen LogP contribution in [0.15, 0.2) is 29.4 Å². The monoisotopic (exact) mass is 270 g/mol. The SMILES string of the molecule is Cc1cc(F)c(S(=O)(=O)Nc2ncc[nH]2)cc1N. The number of nitrogen functional groups attached to an aromatic ring is 1. The smallest absolute Gasteiger partial charge is 0.267 e. The number of sulfonamides is 1. The molecule has 0 saturated heterocycles. The van der Waals surface area contributed by atoms with Crippen LogP contribution in [0.4, 0.5) is 16.0 Å². The molecule has 2 rings (SSSR count). The molecule has 1 heterocycles. The zero-order valence-electron chi connectivity index (χ0n) is 9.44. The second kappa shape index (κ2) is 4.30. The molecule has 0 fully saturated rings. The van der Waals surface area contributed by atoms with Gasteiger partial charge in [-0.3, -0.25) is 0 Å². The van der Waals surface area contributed by atoms with Gasteiger partial charge in [0, 0.05) is 18.1 Å². The average Bonchev–Trinajstić information content (AvgIpc) is 2.75. The summed E-state index contributed by atoms with van der Waals surface area (Å²) in [7, 11) is -4.05. The lowest BCUT2D eigenvalue weighted by molar-refractivity contribution is 0.570. The number of anilines is 2. The number of nitrogens with two attached hydrogens (primary N) is 1. The van der Waals surface area contributed by atoms with Crippen LogP contribution in [0.5, 0.6) is 0 Å². The minimum absolute atomic E-state index is 0.00791. The quantitative estimate of drug-likeness (QED) is 0.730. The van der Waals surface area contributed by atoms with Gasteiger partial charge in [-0.25, -0.2) is 22.5 Å². The first-order chi connectivity index (χ1) is 8.40. The van der Waals surface area contributed by atoms with E-state index in [1.165, 1.54) is 12.4 Å². The van der Waals surface area contributed by atoms with Gasteiger partial charge in [-0.15, -0.1) is 0 Å². The summed E-state index contributed by atoms with van der Waals surface area (Å²) in [5.41, 5.74) is 6.26. The highest BCUT2D eigenvalue weighted by atomic mass is 32.2. The number of aryl methyl sites for hydroxylation is 1. The van der Waals surface area contributed by atoms with Crippen molar-refractivity contribution in [2.45, 2.75) is 11.8 Å². The van der Waals surface area contributed by atoms with Crippen LogP contribution in [0.25, 0.3) is 0 Å². The molecule has 2 aromatic rings. The molecule has 18 heavy (non-hydrogen) atoms. The molecule has 0 amide bonds. The number of H-pyrrole nitrogens is 1. The summed E-state index contributed by atoms with van der Waals surface area (Å²) in [5.74, 6) is -0.852. The van der Waals surface area contributed by atoms with Gasteiger partial charge in [0.1, 0.15) is 10.7 Å². The molecule has 0 unspecified atom stereocenters. The van der Waals surface area contributed by atoms with Crippen molar-refractivity contribution in [3.8, 4) is 0 Å². The van der Waals surface area contributed by atoms with Crippen molar-refractivity contribution in [1.29, 1.82) is 0 Å². The molecule has 0 atom stereocenters. The first-order valence-corrected chi connectivity index (χ1v) is 6.46. The zero-order chi connectivity index (χ0) is 13.3. The summed E-state index contributed by atoms with van der Waals surface area (Å²) in [6, 6.07) is 2.15. The third-order valence-electron chi connectivity index (χ3n) is 2.34. The Hall–Kier alpha value is -2.09. The number of benzene rings is 1. The van der Waals surface area contributed by atoms with Gasteiger partial charge in [-0.05, 0) is 24.6 Å². The molecule has 0 spiro atoms. The minimum Gasteiger partial charge on any atom is -0.398 e. The molecule has 4 N–H and O–H groups in total. The third kappa shape index (κ3) is 2.28. The third-order valence-corrected chi connectivity index (χ3v) is 3.69. The predicted octanol–water partition coefficient (Wildman–Crippen LogP) is 1.24. The summed E-state index contributed by atoms with van der Waals surface area (Å²) >= 11 is 0. The standard InChI is InChI=1S/C10H11FN4O2S/c1-6-4-7(11)9(5-8(6)12)18(16,17)15-10-13-2-3-14-10/h2-5H,12H2,1H3,(H2,13,14,15). The van der Waals surface area contributed by atoms with Crippen LogP contribution in [0.3, 0.4) is 0 Å². The number of hydrogen-bond donors (Lipinski definition) is 3. The van der Waals surface area contributed by atoms with Gasteiger partial charge < -0.3 is 10.7 Å². The summed E-state index contributed by atoms with van der Waals surface area (Å²) in [4.78, 5) is 5.74. The van der Waals surface area contributed by atoms with E-state index in [2.05, 4.69) is 14.7 Å².